The van der Waals surface area contributed by atoms with Crippen LogP contribution in [-0.4, -0.2) is 33.4 Å². The number of aromatic amines is 1. The summed E-state index contributed by atoms with van der Waals surface area (Å²) in [6.45, 7) is 2.00. The Morgan fingerprint density at radius 1 is 1.07 bits per heavy atom. The molecule has 0 radical (unpaired) electrons. The van der Waals surface area contributed by atoms with Crippen LogP contribution in [0.25, 0.3) is 33.5 Å². The van der Waals surface area contributed by atoms with E-state index in [1.54, 1.807) is 13.2 Å². The lowest BCUT2D eigenvalue weighted by atomic mass is 10.0. The van der Waals surface area contributed by atoms with Crippen LogP contribution in [0.1, 0.15) is 15.9 Å². The average Bonchev–Trinajstić information content (AvgIpc) is 3.11. The van der Waals surface area contributed by atoms with E-state index in [1.165, 1.54) is 0 Å². The van der Waals surface area contributed by atoms with Gasteiger partial charge in [-0.25, -0.2) is 9.78 Å². The number of carboxylic acids is 1. The lowest BCUT2D eigenvalue weighted by molar-refractivity contribution is 0.0699. The molecule has 4 rings (SSSR count). The largest absolute Gasteiger partial charge is 0.497 e. The summed E-state index contributed by atoms with van der Waals surface area (Å²) in [6, 6.07) is 16.7. The number of H-pyrrole nitrogens is 1. The van der Waals surface area contributed by atoms with Crippen LogP contribution in [0.15, 0.2) is 54.6 Å². The number of carboxylic acid groups (broad SMARTS) is 1. The number of nitrogens with one attached hydrogen (secondary N) is 1. The van der Waals surface area contributed by atoms with Crippen LogP contribution in [0.5, 0.6) is 5.75 Å². The van der Waals surface area contributed by atoms with E-state index in [0.717, 1.165) is 16.7 Å². The maximum absolute atomic E-state index is 12.0. The number of hydrogen-bond donors (Lipinski definition) is 2. The Balaban J connectivity index is 1.94. The average molecular weight is 359 g/mol. The van der Waals surface area contributed by atoms with Gasteiger partial charge < -0.3 is 9.84 Å². The van der Waals surface area contributed by atoms with Crippen LogP contribution in [0.4, 0.5) is 0 Å². The number of nitrogens with zero attached hydrogens (tertiary/aromatic N) is 2. The van der Waals surface area contributed by atoms with Crippen LogP contribution in [0.3, 0.4) is 0 Å². The quantitative estimate of drug-likeness (QED) is 0.567. The molecule has 0 fully saturated rings. The number of methoxy groups -OCH3 is 1. The van der Waals surface area contributed by atoms with Crippen molar-refractivity contribution in [2.75, 3.05) is 7.11 Å². The number of rotatable bonds is 4. The van der Waals surface area contributed by atoms with Crippen molar-refractivity contribution < 1.29 is 14.6 Å². The second-order valence-corrected chi connectivity index (χ2v) is 6.26. The third-order valence-corrected chi connectivity index (χ3v) is 4.46. The number of carbonyl (C=O) groups is 1. The monoisotopic (exact) mass is 359 g/mol. The highest BCUT2D eigenvalue weighted by molar-refractivity contribution is 6.08. The highest BCUT2D eigenvalue weighted by Crippen LogP contribution is 2.32. The molecular formula is C21H17N3O3. The number of benzene rings is 2. The van der Waals surface area contributed by atoms with Gasteiger partial charge in [0.1, 0.15) is 5.75 Å². The third kappa shape index (κ3) is 3.01. The van der Waals surface area contributed by atoms with Crippen molar-refractivity contribution in [3.63, 3.8) is 0 Å². The van der Waals surface area contributed by atoms with Gasteiger partial charge in [-0.15, -0.1) is 0 Å². The molecule has 0 aliphatic rings. The fourth-order valence-corrected chi connectivity index (χ4v) is 3.05. The molecule has 0 aliphatic carbocycles. The summed E-state index contributed by atoms with van der Waals surface area (Å²) in [5.74, 6) is -0.352. The summed E-state index contributed by atoms with van der Waals surface area (Å²) >= 11 is 0. The van der Waals surface area contributed by atoms with Gasteiger partial charge in [0.25, 0.3) is 0 Å². The molecule has 0 amide bonds. The number of aryl methyl sites for hydroxylation is 1. The Morgan fingerprint density at radius 3 is 2.56 bits per heavy atom. The smallest absolute Gasteiger partial charge is 0.336 e. The fourth-order valence-electron chi connectivity index (χ4n) is 3.05. The highest BCUT2D eigenvalue weighted by Gasteiger charge is 2.19. The number of aromatic carboxylic acids is 1. The number of ether oxygens (including phenoxy) is 1. The first-order chi connectivity index (χ1) is 13.1. The molecule has 134 valence electrons. The minimum Gasteiger partial charge on any atom is -0.497 e. The molecule has 0 spiro atoms. The van der Waals surface area contributed by atoms with Crippen molar-refractivity contribution in [2.45, 2.75) is 6.92 Å². The van der Waals surface area contributed by atoms with Gasteiger partial charge in [0.05, 0.1) is 29.4 Å². The summed E-state index contributed by atoms with van der Waals surface area (Å²) < 4.78 is 5.25. The predicted octanol–water partition coefficient (Wildman–Crippen LogP) is 4.31. The lowest BCUT2D eigenvalue weighted by Crippen LogP contribution is -2.00. The Hall–Kier alpha value is -3.67. The summed E-state index contributed by atoms with van der Waals surface area (Å²) in [5.41, 5.74) is 4.44. The number of pyridine rings is 1. The minimum absolute atomic E-state index is 0.155. The Kier molecular flexibility index (Phi) is 4.08. The van der Waals surface area contributed by atoms with E-state index in [4.69, 9.17) is 4.74 Å². The SMILES string of the molecule is COc1cccc(-c2cc(C(=O)O)c3c(-c4ccc(C)cc4)[nH]nc3n2)c1. The molecule has 0 saturated heterocycles. The fraction of sp³-hybridized carbons (Fsp3) is 0.0952. The van der Waals surface area contributed by atoms with Crippen molar-refractivity contribution in [1.29, 1.82) is 0 Å². The van der Waals surface area contributed by atoms with Crippen molar-refractivity contribution in [2.24, 2.45) is 0 Å². The normalized spacial score (nSPS) is 10.9. The van der Waals surface area contributed by atoms with Crippen LogP contribution in [0, 0.1) is 6.92 Å². The van der Waals surface area contributed by atoms with E-state index in [0.29, 0.717) is 28.2 Å². The molecular weight excluding hydrogens is 342 g/mol. The standard InChI is InChI=1S/C21H17N3O3/c1-12-6-8-13(9-7-12)19-18-16(21(25)26)11-17(22-20(18)24-23-19)14-4-3-5-15(10-14)27-2/h3-11H,1-2H3,(H,25,26)(H,22,23,24). The molecule has 0 saturated carbocycles. The summed E-state index contributed by atoms with van der Waals surface area (Å²) in [6.07, 6.45) is 0. The zero-order valence-electron chi connectivity index (χ0n) is 14.9. The molecule has 6 nitrogen and oxygen atoms in total. The number of fused-ring (bicyclic) bond motifs is 1. The van der Waals surface area contributed by atoms with Crippen LogP contribution < -0.4 is 4.74 Å². The van der Waals surface area contributed by atoms with E-state index < -0.39 is 5.97 Å². The maximum Gasteiger partial charge on any atom is 0.336 e. The zero-order valence-corrected chi connectivity index (χ0v) is 14.9. The van der Waals surface area contributed by atoms with E-state index in [9.17, 15) is 9.90 Å². The molecule has 2 aromatic carbocycles. The van der Waals surface area contributed by atoms with Crippen LogP contribution >= 0.6 is 0 Å². The molecule has 0 aliphatic heterocycles. The van der Waals surface area contributed by atoms with E-state index in [-0.39, 0.29) is 5.56 Å². The minimum atomic E-state index is -1.03. The highest BCUT2D eigenvalue weighted by atomic mass is 16.5. The summed E-state index contributed by atoms with van der Waals surface area (Å²) in [4.78, 5) is 16.5. The van der Waals surface area contributed by atoms with Gasteiger partial charge in [-0.2, -0.15) is 5.10 Å². The van der Waals surface area contributed by atoms with Gasteiger partial charge in [0.2, 0.25) is 0 Å². The predicted molar refractivity (Wildman–Crippen MR) is 103 cm³/mol. The Bertz CT molecular complexity index is 1150. The van der Waals surface area contributed by atoms with Crippen LogP contribution in [0.2, 0.25) is 0 Å². The second kappa shape index (κ2) is 6.57. The van der Waals surface area contributed by atoms with Gasteiger partial charge in [-0.3, -0.25) is 5.10 Å². The molecule has 0 unspecified atom stereocenters. The van der Waals surface area contributed by atoms with E-state index in [1.807, 2.05) is 55.5 Å². The van der Waals surface area contributed by atoms with Crippen molar-refractivity contribution >= 4 is 17.0 Å². The van der Waals surface area contributed by atoms with Gasteiger partial charge in [-0.1, -0.05) is 42.0 Å². The summed E-state index contributed by atoms with van der Waals surface area (Å²) in [7, 11) is 1.58. The second-order valence-electron chi connectivity index (χ2n) is 6.26. The number of aromatic nitrogens is 3. The molecule has 2 aromatic heterocycles. The third-order valence-electron chi connectivity index (χ3n) is 4.46. The Labute approximate surface area is 155 Å². The summed E-state index contributed by atoms with van der Waals surface area (Å²) in [5, 5.41) is 17.5. The molecule has 2 heterocycles. The first-order valence-corrected chi connectivity index (χ1v) is 8.40. The molecule has 2 N–H and O–H groups in total. The number of hydrogen-bond acceptors (Lipinski definition) is 4. The topological polar surface area (TPSA) is 88.1 Å². The van der Waals surface area contributed by atoms with Crippen molar-refractivity contribution in [3.05, 3.63) is 65.7 Å². The van der Waals surface area contributed by atoms with Gasteiger partial charge >= 0.3 is 5.97 Å². The molecule has 27 heavy (non-hydrogen) atoms. The van der Waals surface area contributed by atoms with Crippen molar-refractivity contribution in [1.82, 2.24) is 15.2 Å². The lowest BCUT2D eigenvalue weighted by Gasteiger charge is -2.07. The van der Waals surface area contributed by atoms with Crippen molar-refractivity contribution in [3.8, 4) is 28.3 Å². The van der Waals surface area contributed by atoms with Gasteiger partial charge in [-0.05, 0) is 25.1 Å². The molecule has 4 aromatic rings. The molecule has 6 heteroatoms. The maximum atomic E-state index is 12.0. The van der Waals surface area contributed by atoms with Gasteiger partial charge in [0.15, 0.2) is 5.65 Å². The van der Waals surface area contributed by atoms with Crippen LogP contribution in [-0.2, 0) is 0 Å². The Morgan fingerprint density at radius 2 is 1.85 bits per heavy atom. The van der Waals surface area contributed by atoms with E-state index in [2.05, 4.69) is 15.2 Å². The first kappa shape index (κ1) is 16.8. The van der Waals surface area contributed by atoms with E-state index >= 15 is 0 Å². The van der Waals surface area contributed by atoms with Gasteiger partial charge in [0, 0.05) is 11.1 Å². The zero-order chi connectivity index (χ0) is 19.0. The molecule has 0 bridgehead atoms. The first-order valence-electron chi connectivity index (χ1n) is 8.40. The molecule has 0 atom stereocenters.